The van der Waals surface area contributed by atoms with Crippen LogP contribution < -0.4 is 15.5 Å². The number of hydrogen-bond acceptors (Lipinski definition) is 9. The van der Waals surface area contributed by atoms with E-state index in [1.165, 1.54) is 6.20 Å². The van der Waals surface area contributed by atoms with Crippen molar-refractivity contribution in [3.63, 3.8) is 0 Å². The predicted octanol–water partition coefficient (Wildman–Crippen LogP) is 5.22. The van der Waals surface area contributed by atoms with E-state index in [-0.39, 0.29) is 18.1 Å². The molecule has 0 aliphatic heterocycles. The normalized spacial score (nSPS) is 16.0. The van der Waals surface area contributed by atoms with Crippen LogP contribution in [0.2, 0.25) is 0 Å². The van der Waals surface area contributed by atoms with Gasteiger partial charge in [-0.3, -0.25) is 14.7 Å². The number of nitrogens with one attached hydrogen (secondary N) is 3. The van der Waals surface area contributed by atoms with Gasteiger partial charge in [0.2, 0.25) is 5.95 Å². The summed E-state index contributed by atoms with van der Waals surface area (Å²) < 4.78 is 1.75. The first kappa shape index (κ1) is 29.5. The van der Waals surface area contributed by atoms with E-state index >= 15 is 0 Å². The Morgan fingerprint density at radius 1 is 0.979 bits per heavy atom. The summed E-state index contributed by atoms with van der Waals surface area (Å²) >= 11 is 0. The molecule has 47 heavy (non-hydrogen) atoms. The Labute approximate surface area is 270 Å². The van der Waals surface area contributed by atoms with E-state index in [0.29, 0.717) is 40.8 Å². The minimum Gasteiger partial charge on any atom is -0.351 e. The first-order valence-corrected chi connectivity index (χ1v) is 15.4. The summed E-state index contributed by atoms with van der Waals surface area (Å²) in [5, 5.41) is 28.2. The number of urea groups is 1. The van der Waals surface area contributed by atoms with Crippen LogP contribution in [0.5, 0.6) is 0 Å². The zero-order valence-corrected chi connectivity index (χ0v) is 25.7. The molecule has 0 bridgehead atoms. The van der Waals surface area contributed by atoms with Crippen LogP contribution in [0.3, 0.4) is 0 Å². The largest absolute Gasteiger partial charge is 0.351 e. The lowest BCUT2D eigenvalue weighted by Gasteiger charge is -2.36. The summed E-state index contributed by atoms with van der Waals surface area (Å²) in [5.41, 5.74) is 5.17. The van der Waals surface area contributed by atoms with Gasteiger partial charge in [-0.25, -0.2) is 24.7 Å². The van der Waals surface area contributed by atoms with E-state index in [1.54, 1.807) is 34.4 Å². The quantitative estimate of drug-likeness (QED) is 0.206. The summed E-state index contributed by atoms with van der Waals surface area (Å²) in [4.78, 5) is 33.8. The highest BCUT2D eigenvalue weighted by atomic mass is 16.2. The van der Waals surface area contributed by atoms with Crippen molar-refractivity contribution in [1.29, 1.82) is 5.26 Å². The van der Waals surface area contributed by atoms with E-state index in [1.807, 2.05) is 61.8 Å². The number of fused-ring (bicyclic) bond motifs is 1. The molecule has 3 N–H and O–H groups in total. The zero-order chi connectivity index (χ0) is 32.2. The lowest BCUT2D eigenvalue weighted by Crippen LogP contribution is -2.49. The molecule has 1 saturated carbocycles. The van der Waals surface area contributed by atoms with Crippen molar-refractivity contribution in [3.8, 4) is 28.5 Å². The van der Waals surface area contributed by atoms with E-state index < -0.39 is 0 Å². The maximum atomic E-state index is 13.7. The summed E-state index contributed by atoms with van der Waals surface area (Å²) in [5.74, 6) is 1.04. The maximum absolute atomic E-state index is 13.7. The standard InChI is InChI=1S/C34H32N12O/c1-45-21-27(20-41-45)23-7-12-30(36-16-23)46(34(47)39-15-22-5-3-2-4-6-22)29-10-8-28(9-11-29)42-33-38-18-26(14-35)31(43-33)24-13-25-19-40-44-32(25)37-17-24/h2-7,12-13,16-21,28-29H,8-11,15H2,1H3,(H,39,47)(H,37,40,44)(H,38,42,43)/t28-,29-. The van der Waals surface area contributed by atoms with Crippen molar-refractivity contribution in [2.24, 2.45) is 7.05 Å². The number of aryl methyl sites for hydroxylation is 1. The van der Waals surface area contributed by atoms with Gasteiger partial charge < -0.3 is 10.6 Å². The van der Waals surface area contributed by atoms with Crippen LogP contribution in [0, 0.1) is 11.3 Å². The average molecular weight is 625 g/mol. The third kappa shape index (κ3) is 6.48. The fraction of sp³-hybridized carbons (Fsp3) is 0.235. The van der Waals surface area contributed by atoms with Crippen LogP contribution in [0.15, 0.2) is 85.7 Å². The molecule has 6 aromatic rings. The van der Waals surface area contributed by atoms with Gasteiger partial charge in [0.25, 0.3) is 0 Å². The predicted molar refractivity (Wildman–Crippen MR) is 177 cm³/mol. The summed E-state index contributed by atoms with van der Waals surface area (Å²) in [6.45, 7) is 0.419. The van der Waals surface area contributed by atoms with Crippen molar-refractivity contribution in [2.75, 3.05) is 10.2 Å². The highest BCUT2D eigenvalue weighted by molar-refractivity contribution is 5.91. The van der Waals surface area contributed by atoms with Crippen molar-refractivity contribution >= 4 is 28.8 Å². The molecule has 13 nitrogen and oxygen atoms in total. The van der Waals surface area contributed by atoms with Gasteiger partial charge in [-0.2, -0.15) is 15.5 Å². The van der Waals surface area contributed by atoms with Crippen molar-refractivity contribution in [1.82, 2.24) is 45.2 Å². The number of nitriles is 1. The SMILES string of the molecule is Cn1cc(-c2ccc(N(C(=O)NCc3ccccc3)[C@H]3CC[C@H](Nc4ncc(C#N)c(-c5cnc6[nH]ncc6c5)n4)CC3)nc2)cn1. The molecule has 0 saturated heterocycles. The lowest BCUT2D eigenvalue weighted by molar-refractivity contribution is 0.240. The first-order valence-electron chi connectivity index (χ1n) is 15.4. The number of H-pyrrole nitrogens is 1. The lowest BCUT2D eigenvalue weighted by atomic mass is 9.90. The number of nitrogens with zero attached hydrogens (tertiary/aromatic N) is 9. The van der Waals surface area contributed by atoms with E-state index in [2.05, 4.69) is 42.0 Å². The Morgan fingerprint density at radius 2 is 1.81 bits per heavy atom. The molecule has 1 aromatic carbocycles. The number of aromatic nitrogens is 8. The molecule has 1 fully saturated rings. The second-order valence-corrected chi connectivity index (χ2v) is 11.6. The fourth-order valence-electron chi connectivity index (χ4n) is 5.97. The molecular formula is C34H32N12O. The van der Waals surface area contributed by atoms with E-state index in [9.17, 15) is 10.1 Å². The highest BCUT2D eigenvalue weighted by Gasteiger charge is 2.31. The third-order valence-corrected chi connectivity index (χ3v) is 8.41. The Morgan fingerprint density at radius 3 is 2.55 bits per heavy atom. The zero-order valence-electron chi connectivity index (χ0n) is 25.7. The van der Waals surface area contributed by atoms with Crippen LogP contribution >= 0.6 is 0 Å². The summed E-state index contributed by atoms with van der Waals surface area (Å²) in [6, 6.07) is 17.7. The first-order chi connectivity index (χ1) is 23.0. The number of hydrogen-bond donors (Lipinski definition) is 3. The minimum absolute atomic E-state index is 0.0502. The number of pyridine rings is 2. The Balaban J connectivity index is 1.07. The van der Waals surface area contributed by atoms with Gasteiger partial charge in [-0.05, 0) is 49.4 Å². The molecular weight excluding hydrogens is 592 g/mol. The van der Waals surface area contributed by atoms with Crippen molar-refractivity contribution < 1.29 is 4.79 Å². The van der Waals surface area contributed by atoms with Crippen LogP contribution in [-0.2, 0) is 13.6 Å². The van der Waals surface area contributed by atoms with Gasteiger partial charge in [0.15, 0.2) is 5.65 Å². The number of benzene rings is 1. The molecule has 13 heteroatoms. The van der Waals surface area contributed by atoms with Crippen LogP contribution in [0.1, 0.15) is 36.8 Å². The van der Waals surface area contributed by atoms with Gasteiger partial charge in [-0.1, -0.05) is 30.3 Å². The maximum Gasteiger partial charge on any atom is 0.323 e. The number of carbonyl (C=O) groups excluding carboxylic acids is 1. The smallest absolute Gasteiger partial charge is 0.323 e. The molecule has 1 aliphatic carbocycles. The minimum atomic E-state index is -0.185. The monoisotopic (exact) mass is 624 g/mol. The topological polar surface area (TPSA) is 166 Å². The number of rotatable bonds is 8. The van der Waals surface area contributed by atoms with Crippen molar-refractivity contribution in [2.45, 2.75) is 44.3 Å². The fourth-order valence-corrected chi connectivity index (χ4v) is 5.97. The Bertz CT molecular complexity index is 2040. The average Bonchev–Trinajstić information content (AvgIpc) is 3.77. The number of aromatic amines is 1. The molecule has 2 amide bonds. The summed E-state index contributed by atoms with van der Waals surface area (Å²) in [7, 11) is 1.88. The molecule has 234 valence electrons. The van der Waals surface area contributed by atoms with Crippen LogP contribution in [0.4, 0.5) is 16.6 Å². The molecule has 5 heterocycles. The number of carbonyl (C=O) groups is 1. The van der Waals surface area contributed by atoms with E-state index in [4.69, 9.17) is 9.97 Å². The molecule has 1 aliphatic rings. The van der Waals surface area contributed by atoms with Crippen molar-refractivity contribution in [3.05, 3.63) is 96.8 Å². The van der Waals surface area contributed by atoms with E-state index in [0.717, 1.165) is 47.8 Å². The molecule has 7 rings (SSSR count). The Hall–Kier alpha value is -6.16. The van der Waals surface area contributed by atoms with Crippen LogP contribution in [-0.4, -0.2) is 58.0 Å². The third-order valence-electron chi connectivity index (χ3n) is 8.41. The highest BCUT2D eigenvalue weighted by Crippen LogP contribution is 2.30. The Kier molecular flexibility index (Phi) is 8.21. The molecule has 0 unspecified atom stereocenters. The molecule has 0 spiro atoms. The number of amides is 2. The van der Waals surface area contributed by atoms with Gasteiger partial charge >= 0.3 is 6.03 Å². The van der Waals surface area contributed by atoms with Gasteiger partial charge in [0, 0.05) is 66.3 Å². The van der Waals surface area contributed by atoms with Gasteiger partial charge in [0.1, 0.15) is 11.9 Å². The molecule has 0 atom stereocenters. The van der Waals surface area contributed by atoms with Crippen LogP contribution in [0.25, 0.3) is 33.4 Å². The molecule has 5 aromatic heterocycles. The summed E-state index contributed by atoms with van der Waals surface area (Å²) in [6.07, 6.45) is 13.5. The second kappa shape index (κ2) is 13.1. The van der Waals surface area contributed by atoms with Gasteiger partial charge in [-0.15, -0.1) is 0 Å². The van der Waals surface area contributed by atoms with Gasteiger partial charge in [0.05, 0.1) is 29.8 Å². The second-order valence-electron chi connectivity index (χ2n) is 11.6. The molecule has 0 radical (unpaired) electrons. The number of anilines is 2.